The van der Waals surface area contributed by atoms with E-state index in [0.29, 0.717) is 18.5 Å². The molecule has 0 radical (unpaired) electrons. The van der Waals surface area contributed by atoms with E-state index < -0.39 is 18.0 Å². The summed E-state index contributed by atoms with van der Waals surface area (Å²) in [6, 6.07) is 0.215. The number of carbonyl (C=O) groups excluding carboxylic acids is 1. The molecule has 0 aromatic carbocycles. The highest BCUT2D eigenvalue weighted by Gasteiger charge is 2.18. The van der Waals surface area contributed by atoms with Crippen LogP contribution < -0.4 is 10.6 Å². The molecule has 7 nitrogen and oxygen atoms in total. The van der Waals surface area contributed by atoms with E-state index in [-0.39, 0.29) is 6.54 Å². The normalized spacial score (nSPS) is 11.8. The van der Waals surface area contributed by atoms with Gasteiger partial charge in [0.05, 0.1) is 6.54 Å². The molecule has 0 aliphatic rings. The summed E-state index contributed by atoms with van der Waals surface area (Å²) in [6.45, 7) is 2.05. The average Bonchev–Trinajstić information content (AvgIpc) is 2.78. The van der Waals surface area contributed by atoms with Crippen molar-refractivity contribution in [3.8, 4) is 0 Å². The van der Waals surface area contributed by atoms with Crippen molar-refractivity contribution in [1.82, 2.24) is 15.8 Å². The Morgan fingerprint density at radius 1 is 1.59 bits per heavy atom. The molecule has 0 fully saturated rings. The molecule has 1 rings (SSSR count). The average molecular weight is 241 g/mol. The summed E-state index contributed by atoms with van der Waals surface area (Å²) in [5.74, 6) is -1.04. The minimum atomic E-state index is -1.04. The maximum absolute atomic E-state index is 11.4. The molecule has 1 heterocycles. The molecule has 17 heavy (non-hydrogen) atoms. The number of carbonyl (C=O) groups is 2. The second kappa shape index (κ2) is 6.51. The van der Waals surface area contributed by atoms with Gasteiger partial charge in [0.25, 0.3) is 0 Å². The van der Waals surface area contributed by atoms with E-state index in [1.165, 1.54) is 6.26 Å². The number of aliphatic carboxylic acids is 1. The highest BCUT2D eigenvalue weighted by Crippen LogP contribution is 1.97. The van der Waals surface area contributed by atoms with Crippen molar-refractivity contribution in [3.63, 3.8) is 0 Å². The quantitative estimate of drug-likeness (QED) is 0.681. The van der Waals surface area contributed by atoms with Crippen LogP contribution in [0.2, 0.25) is 0 Å². The maximum Gasteiger partial charge on any atom is 0.326 e. The summed E-state index contributed by atoms with van der Waals surface area (Å²) in [7, 11) is 0. The monoisotopic (exact) mass is 241 g/mol. The Hall–Kier alpha value is -2.05. The number of nitrogens with one attached hydrogen (secondary N) is 2. The molecular formula is C10H15N3O4. The van der Waals surface area contributed by atoms with Crippen molar-refractivity contribution in [2.45, 2.75) is 32.4 Å². The highest BCUT2D eigenvalue weighted by atomic mass is 16.5. The van der Waals surface area contributed by atoms with Gasteiger partial charge in [-0.25, -0.2) is 9.59 Å². The first-order chi connectivity index (χ1) is 8.13. The van der Waals surface area contributed by atoms with Gasteiger partial charge in [0.2, 0.25) is 0 Å². The fourth-order valence-corrected chi connectivity index (χ4v) is 1.25. The first kappa shape index (κ1) is 13.0. The minimum Gasteiger partial charge on any atom is -0.480 e. The first-order valence-corrected chi connectivity index (χ1v) is 5.30. The summed E-state index contributed by atoms with van der Waals surface area (Å²) in [5, 5.41) is 17.3. The van der Waals surface area contributed by atoms with Gasteiger partial charge in [-0.3, -0.25) is 0 Å². The van der Waals surface area contributed by atoms with Crippen molar-refractivity contribution in [2.75, 3.05) is 0 Å². The SMILES string of the molecule is CCCC(NC(=O)NCc1ccon1)C(=O)O. The minimum absolute atomic E-state index is 0.195. The Bertz CT molecular complexity index is 364. The summed E-state index contributed by atoms with van der Waals surface area (Å²) in [5.41, 5.74) is 0.572. The number of urea groups is 1. The number of hydrogen-bond acceptors (Lipinski definition) is 4. The van der Waals surface area contributed by atoms with Gasteiger partial charge in [0, 0.05) is 6.07 Å². The van der Waals surface area contributed by atoms with Crippen LogP contribution in [0.3, 0.4) is 0 Å². The van der Waals surface area contributed by atoms with Crippen molar-refractivity contribution in [3.05, 3.63) is 18.0 Å². The fourth-order valence-electron chi connectivity index (χ4n) is 1.25. The molecule has 3 N–H and O–H groups in total. The maximum atomic E-state index is 11.4. The van der Waals surface area contributed by atoms with Crippen molar-refractivity contribution < 1.29 is 19.2 Å². The molecule has 1 aromatic rings. The third kappa shape index (κ3) is 4.54. The molecule has 0 saturated carbocycles. The van der Waals surface area contributed by atoms with E-state index in [2.05, 4.69) is 20.3 Å². The Labute approximate surface area is 98.2 Å². The number of carboxylic acids is 1. The highest BCUT2D eigenvalue weighted by molar-refractivity contribution is 5.82. The predicted octanol–water partition coefficient (Wildman–Crippen LogP) is 0.727. The number of carboxylic acid groups (broad SMARTS) is 1. The number of aromatic nitrogens is 1. The van der Waals surface area contributed by atoms with Crippen LogP contribution in [0.15, 0.2) is 16.9 Å². The van der Waals surface area contributed by atoms with Crippen LogP contribution in [0.25, 0.3) is 0 Å². The molecule has 0 bridgehead atoms. The second-order valence-electron chi connectivity index (χ2n) is 3.50. The molecule has 0 saturated heterocycles. The molecule has 1 unspecified atom stereocenters. The summed E-state index contributed by atoms with van der Waals surface area (Å²) in [4.78, 5) is 22.2. The Balaban J connectivity index is 2.34. The van der Waals surface area contributed by atoms with E-state index in [1.54, 1.807) is 6.07 Å². The number of rotatable bonds is 6. The van der Waals surface area contributed by atoms with E-state index in [4.69, 9.17) is 5.11 Å². The smallest absolute Gasteiger partial charge is 0.326 e. The van der Waals surface area contributed by atoms with Crippen LogP contribution >= 0.6 is 0 Å². The lowest BCUT2D eigenvalue weighted by molar-refractivity contribution is -0.139. The first-order valence-electron chi connectivity index (χ1n) is 5.30. The van der Waals surface area contributed by atoms with Gasteiger partial charge in [-0.1, -0.05) is 18.5 Å². The van der Waals surface area contributed by atoms with Crippen LogP contribution in [-0.2, 0) is 11.3 Å². The third-order valence-electron chi connectivity index (χ3n) is 2.10. The Morgan fingerprint density at radius 3 is 2.88 bits per heavy atom. The molecule has 0 aliphatic heterocycles. The van der Waals surface area contributed by atoms with E-state index in [1.807, 2.05) is 6.92 Å². The van der Waals surface area contributed by atoms with Crippen molar-refractivity contribution in [1.29, 1.82) is 0 Å². The van der Waals surface area contributed by atoms with Gasteiger partial charge >= 0.3 is 12.0 Å². The van der Waals surface area contributed by atoms with Gasteiger partial charge in [0.15, 0.2) is 0 Å². The van der Waals surface area contributed by atoms with Gasteiger partial charge in [0.1, 0.15) is 18.0 Å². The van der Waals surface area contributed by atoms with Crippen LogP contribution in [-0.4, -0.2) is 28.3 Å². The second-order valence-corrected chi connectivity index (χ2v) is 3.50. The van der Waals surface area contributed by atoms with Crippen LogP contribution in [0.4, 0.5) is 4.79 Å². The summed E-state index contributed by atoms with van der Waals surface area (Å²) < 4.78 is 4.59. The van der Waals surface area contributed by atoms with Gasteiger partial charge in [-0.2, -0.15) is 0 Å². The zero-order chi connectivity index (χ0) is 12.7. The molecule has 94 valence electrons. The van der Waals surface area contributed by atoms with Crippen LogP contribution in [0, 0.1) is 0 Å². The molecular weight excluding hydrogens is 226 g/mol. The van der Waals surface area contributed by atoms with Crippen molar-refractivity contribution in [2.24, 2.45) is 0 Å². The molecule has 0 aliphatic carbocycles. The van der Waals surface area contributed by atoms with Crippen LogP contribution in [0.1, 0.15) is 25.5 Å². The van der Waals surface area contributed by atoms with Crippen molar-refractivity contribution >= 4 is 12.0 Å². The van der Waals surface area contributed by atoms with E-state index in [0.717, 1.165) is 0 Å². The van der Waals surface area contributed by atoms with Gasteiger partial charge in [-0.15, -0.1) is 0 Å². The largest absolute Gasteiger partial charge is 0.480 e. The molecule has 7 heteroatoms. The molecule has 0 spiro atoms. The van der Waals surface area contributed by atoms with Gasteiger partial charge in [-0.05, 0) is 6.42 Å². The summed E-state index contributed by atoms with van der Waals surface area (Å²) in [6.07, 6.45) is 2.47. The third-order valence-corrected chi connectivity index (χ3v) is 2.10. The lowest BCUT2D eigenvalue weighted by Crippen LogP contribution is -2.45. The number of amides is 2. The number of hydrogen-bond donors (Lipinski definition) is 3. The van der Waals surface area contributed by atoms with Gasteiger partial charge < -0.3 is 20.3 Å². The van der Waals surface area contributed by atoms with E-state index in [9.17, 15) is 9.59 Å². The lowest BCUT2D eigenvalue weighted by atomic mass is 10.2. The fraction of sp³-hybridized carbons (Fsp3) is 0.500. The number of nitrogens with zero attached hydrogens (tertiary/aromatic N) is 1. The molecule has 2 amide bonds. The lowest BCUT2D eigenvalue weighted by Gasteiger charge is -2.13. The molecule has 1 aromatic heterocycles. The summed E-state index contributed by atoms with van der Waals surface area (Å²) >= 11 is 0. The zero-order valence-corrected chi connectivity index (χ0v) is 9.47. The standard InChI is InChI=1S/C10H15N3O4/c1-2-3-8(9(14)15)12-10(16)11-6-7-4-5-17-13-7/h4-5,8H,2-3,6H2,1H3,(H,14,15)(H2,11,12,16). The topological polar surface area (TPSA) is 104 Å². The molecule has 1 atom stereocenters. The Morgan fingerprint density at radius 2 is 2.35 bits per heavy atom. The van der Waals surface area contributed by atoms with Crippen LogP contribution in [0.5, 0.6) is 0 Å². The van der Waals surface area contributed by atoms with E-state index >= 15 is 0 Å². The zero-order valence-electron chi connectivity index (χ0n) is 9.47. The predicted molar refractivity (Wildman–Crippen MR) is 58.2 cm³/mol. The Kier molecular flexibility index (Phi) is 4.99.